The Balaban J connectivity index is 1.56. The van der Waals surface area contributed by atoms with Gasteiger partial charge in [0.1, 0.15) is 11.5 Å². The minimum Gasteiger partial charge on any atom is -0.441 e. The third kappa shape index (κ3) is 5.44. The summed E-state index contributed by atoms with van der Waals surface area (Å²) in [5, 5.41) is 3.91. The highest BCUT2D eigenvalue weighted by Crippen LogP contribution is 2.28. The van der Waals surface area contributed by atoms with Gasteiger partial charge in [-0.15, -0.1) is 0 Å². The molecule has 0 unspecified atom stereocenters. The molecule has 1 N–H and O–H groups in total. The topological polar surface area (TPSA) is 72.2 Å². The van der Waals surface area contributed by atoms with E-state index < -0.39 is 10.8 Å². The molecule has 0 spiro atoms. The number of hydrogen-bond acceptors (Lipinski definition) is 4. The van der Waals surface area contributed by atoms with Gasteiger partial charge in [-0.1, -0.05) is 47.5 Å². The van der Waals surface area contributed by atoms with Crippen LogP contribution in [0.15, 0.2) is 52.9 Å². The van der Waals surface area contributed by atoms with Crippen molar-refractivity contribution in [2.75, 3.05) is 5.75 Å². The van der Waals surface area contributed by atoms with Crippen molar-refractivity contribution in [3.8, 4) is 11.5 Å². The highest BCUT2D eigenvalue weighted by Gasteiger charge is 2.17. The zero-order valence-corrected chi connectivity index (χ0v) is 17.4. The van der Waals surface area contributed by atoms with E-state index in [0.29, 0.717) is 39.5 Å². The number of oxazole rings is 1. The number of nitrogens with zero attached hydrogens (tertiary/aromatic N) is 1. The van der Waals surface area contributed by atoms with Gasteiger partial charge in [-0.3, -0.25) is 9.00 Å². The molecule has 0 saturated heterocycles. The second-order valence-electron chi connectivity index (χ2n) is 6.13. The van der Waals surface area contributed by atoms with Crippen LogP contribution in [0.1, 0.15) is 17.0 Å². The summed E-state index contributed by atoms with van der Waals surface area (Å²) in [5.41, 5.74) is 2.14. The summed E-state index contributed by atoms with van der Waals surface area (Å²) in [4.78, 5) is 16.5. The maximum Gasteiger partial charge on any atom is 0.232 e. The lowest BCUT2D eigenvalue weighted by Crippen LogP contribution is -2.28. The molecule has 0 aliphatic carbocycles. The molecule has 1 atom stereocenters. The molecule has 0 bridgehead atoms. The van der Waals surface area contributed by atoms with E-state index in [1.807, 2.05) is 24.3 Å². The zero-order chi connectivity index (χ0) is 20.1. The van der Waals surface area contributed by atoms with Crippen LogP contribution >= 0.6 is 23.2 Å². The summed E-state index contributed by atoms with van der Waals surface area (Å²) < 4.78 is 18.0. The fourth-order valence-electron chi connectivity index (χ4n) is 2.52. The Morgan fingerprint density at radius 2 is 1.86 bits per heavy atom. The van der Waals surface area contributed by atoms with Crippen molar-refractivity contribution >= 4 is 39.9 Å². The SMILES string of the molecule is Cc1oc(-c2ccccc2Cl)nc1C[S@](=O)CC(=O)NCc1ccc(Cl)cc1. The van der Waals surface area contributed by atoms with Gasteiger partial charge in [-0.05, 0) is 36.8 Å². The van der Waals surface area contributed by atoms with Gasteiger partial charge in [0.2, 0.25) is 11.8 Å². The van der Waals surface area contributed by atoms with Gasteiger partial charge in [-0.2, -0.15) is 0 Å². The summed E-state index contributed by atoms with van der Waals surface area (Å²) >= 11 is 12.0. The normalized spacial score (nSPS) is 12.0. The zero-order valence-electron chi connectivity index (χ0n) is 15.1. The molecule has 1 aromatic heterocycles. The first-order valence-corrected chi connectivity index (χ1v) is 10.7. The van der Waals surface area contributed by atoms with Crippen LogP contribution in [-0.4, -0.2) is 20.9 Å². The number of aryl methyl sites for hydroxylation is 1. The second kappa shape index (κ2) is 9.37. The van der Waals surface area contributed by atoms with Crippen molar-refractivity contribution in [1.29, 1.82) is 0 Å². The highest BCUT2D eigenvalue weighted by molar-refractivity contribution is 7.84. The number of halogens is 2. The Morgan fingerprint density at radius 3 is 2.57 bits per heavy atom. The largest absolute Gasteiger partial charge is 0.441 e. The Hall–Kier alpha value is -2.15. The molecule has 0 aliphatic rings. The van der Waals surface area contributed by atoms with E-state index in [9.17, 15) is 9.00 Å². The van der Waals surface area contributed by atoms with E-state index in [1.165, 1.54) is 0 Å². The summed E-state index contributed by atoms with van der Waals surface area (Å²) in [6, 6.07) is 14.4. The quantitative estimate of drug-likeness (QED) is 0.590. The molecule has 8 heteroatoms. The van der Waals surface area contributed by atoms with Crippen molar-refractivity contribution in [2.24, 2.45) is 0 Å². The van der Waals surface area contributed by atoms with Crippen LogP contribution in [0.4, 0.5) is 0 Å². The maximum atomic E-state index is 12.4. The summed E-state index contributed by atoms with van der Waals surface area (Å²) in [6.07, 6.45) is 0. The lowest BCUT2D eigenvalue weighted by molar-refractivity contribution is -0.118. The minimum absolute atomic E-state index is 0.110. The predicted molar refractivity (Wildman–Crippen MR) is 112 cm³/mol. The number of amides is 1. The van der Waals surface area contributed by atoms with Crippen molar-refractivity contribution in [3.05, 3.63) is 75.6 Å². The Labute approximate surface area is 175 Å². The number of rotatable bonds is 7. The molecule has 0 fully saturated rings. The van der Waals surface area contributed by atoms with Gasteiger partial charge >= 0.3 is 0 Å². The smallest absolute Gasteiger partial charge is 0.232 e. The van der Waals surface area contributed by atoms with Gasteiger partial charge in [0.05, 0.1) is 22.0 Å². The molecule has 0 saturated carbocycles. The molecule has 3 rings (SSSR count). The van der Waals surface area contributed by atoms with E-state index in [4.69, 9.17) is 27.6 Å². The number of carbonyl (C=O) groups excluding carboxylic acids is 1. The first-order chi connectivity index (χ1) is 13.4. The van der Waals surface area contributed by atoms with Crippen LogP contribution < -0.4 is 5.32 Å². The third-order valence-corrected chi connectivity index (χ3v) is 5.75. The first kappa shape index (κ1) is 20.6. The van der Waals surface area contributed by atoms with Crippen LogP contribution in [0.2, 0.25) is 10.0 Å². The van der Waals surface area contributed by atoms with E-state index in [2.05, 4.69) is 10.3 Å². The van der Waals surface area contributed by atoms with Gasteiger partial charge in [-0.25, -0.2) is 4.98 Å². The average molecular weight is 437 g/mol. The van der Waals surface area contributed by atoms with Crippen molar-refractivity contribution < 1.29 is 13.4 Å². The average Bonchev–Trinajstić information content (AvgIpc) is 3.01. The van der Waals surface area contributed by atoms with Crippen LogP contribution in [0, 0.1) is 6.92 Å². The van der Waals surface area contributed by atoms with Gasteiger partial charge in [0, 0.05) is 22.4 Å². The second-order valence-corrected chi connectivity index (χ2v) is 8.43. The van der Waals surface area contributed by atoms with Crippen LogP contribution in [-0.2, 0) is 27.9 Å². The molecule has 146 valence electrons. The Bertz CT molecular complexity index is 1000. The van der Waals surface area contributed by atoms with Crippen molar-refractivity contribution in [3.63, 3.8) is 0 Å². The number of benzene rings is 2. The molecule has 0 aliphatic heterocycles. The maximum absolute atomic E-state index is 12.4. The molecule has 0 radical (unpaired) electrons. The summed E-state index contributed by atoms with van der Waals surface area (Å²) in [6.45, 7) is 2.10. The van der Waals surface area contributed by atoms with E-state index in [-0.39, 0.29) is 17.4 Å². The van der Waals surface area contributed by atoms with Crippen LogP contribution in [0.3, 0.4) is 0 Å². The van der Waals surface area contributed by atoms with Crippen molar-refractivity contribution in [1.82, 2.24) is 10.3 Å². The van der Waals surface area contributed by atoms with E-state index in [0.717, 1.165) is 5.56 Å². The Kier molecular flexibility index (Phi) is 6.88. The lowest BCUT2D eigenvalue weighted by Gasteiger charge is -2.05. The van der Waals surface area contributed by atoms with Gasteiger partial charge < -0.3 is 9.73 Å². The molecule has 1 amide bonds. The standard InChI is InChI=1S/C20H18Cl2N2O3S/c1-13-18(24-20(27-13)16-4-2-3-5-17(16)22)11-28(26)12-19(25)23-10-14-6-8-15(21)9-7-14/h2-9H,10-12H2,1H3,(H,23,25)/t28-/m0/s1. The van der Waals surface area contributed by atoms with Gasteiger partial charge in [0.15, 0.2) is 0 Å². The van der Waals surface area contributed by atoms with Crippen LogP contribution in [0.5, 0.6) is 0 Å². The molecular formula is C20H18Cl2N2O3S. The first-order valence-electron chi connectivity index (χ1n) is 8.49. The number of hydrogen-bond donors (Lipinski definition) is 1. The fraction of sp³-hybridized carbons (Fsp3) is 0.200. The number of aromatic nitrogens is 1. The number of nitrogens with one attached hydrogen (secondary N) is 1. The predicted octanol–water partition coefficient (Wildman–Crippen LogP) is 4.52. The Morgan fingerprint density at radius 1 is 1.14 bits per heavy atom. The monoisotopic (exact) mass is 436 g/mol. The van der Waals surface area contributed by atoms with Gasteiger partial charge in [0.25, 0.3) is 0 Å². The molecule has 1 heterocycles. The van der Waals surface area contributed by atoms with E-state index >= 15 is 0 Å². The molecule has 28 heavy (non-hydrogen) atoms. The molecule has 5 nitrogen and oxygen atoms in total. The third-order valence-electron chi connectivity index (χ3n) is 3.99. The number of carbonyl (C=O) groups is 1. The summed E-state index contributed by atoms with van der Waals surface area (Å²) in [7, 11) is -1.41. The summed E-state index contributed by atoms with van der Waals surface area (Å²) in [5.74, 6) is 0.669. The molecule has 2 aromatic carbocycles. The minimum atomic E-state index is -1.41. The lowest BCUT2D eigenvalue weighted by atomic mass is 10.2. The fourth-order valence-corrected chi connectivity index (χ4v) is 3.93. The van der Waals surface area contributed by atoms with E-state index in [1.54, 1.807) is 31.2 Å². The molecule has 3 aromatic rings. The highest BCUT2D eigenvalue weighted by atomic mass is 35.5. The van der Waals surface area contributed by atoms with Crippen molar-refractivity contribution in [2.45, 2.75) is 19.2 Å². The van der Waals surface area contributed by atoms with Crippen LogP contribution in [0.25, 0.3) is 11.5 Å². The molecular weight excluding hydrogens is 419 g/mol.